The van der Waals surface area contributed by atoms with E-state index < -0.39 is 16.6 Å². The summed E-state index contributed by atoms with van der Waals surface area (Å²) in [6.45, 7) is 0.102. The molecular formula is C16H14Cl2FN3O3. The molecule has 0 saturated heterocycles. The molecule has 6 nitrogen and oxygen atoms in total. The van der Waals surface area contributed by atoms with Gasteiger partial charge in [-0.2, -0.15) is 0 Å². The van der Waals surface area contributed by atoms with Crippen LogP contribution in [-0.2, 0) is 11.3 Å². The van der Waals surface area contributed by atoms with Gasteiger partial charge in [0.25, 0.3) is 5.69 Å². The molecule has 2 rings (SSSR count). The van der Waals surface area contributed by atoms with Crippen molar-refractivity contribution < 1.29 is 14.1 Å². The highest BCUT2D eigenvalue weighted by Gasteiger charge is 2.15. The number of likely N-dealkylation sites (N-methyl/N-ethyl adjacent to an activating group) is 1. The lowest BCUT2D eigenvalue weighted by Crippen LogP contribution is -2.30. The highest BCUT2D eigenvalue weighted by molar-refractivity contribution is 6.34. The number of rotatable bonds is 6. The summed E-state index contributed by atoms with van der Waals surface area (Å²) in [5.41, 5.74) is 0.386. The van der Waals surface area contributed by atoms with Gasteiger partial charge in [-0.1, -0.05) is 29.3 Å². The number of carbonyl (C=O) groups is 1. The summed E-state index contributed by atoms with van der Waals surface area (Å²) in [5, 5.41) is 13.6. The van der Waals surface area contributed by atoms with Crippen LogP contribution < -0.4 is 5.32 Å². The van der Waals surface area contributed by atoms with Gasteiger partial charge in [0.2, 0.25) is 5.91 Å². The molecule has 0 fully saturated rings. The minimum atomic E-state index is -0.580. The van der Waals surface area contributed by atoms with Gasteiger partial charge in [0.15, 0.2) is 0 Å². The van der Waals surface area contributed by atoms with Crippen LogP contribution in [0.5, 0.6) is 0 Å². The Labute approximate surface area is 153 Å². The second-order valence-corrected chi connectivity index (χ2v) is 6.16. The largest absolute Gasteiger partial charge is 0.324 e. The Bertz CT molecular complexity index is 797. The third kappa shape index (κ3) is 5.12. The molecule has 1 amide bonds. The number of hydrogen-bond acceptors (Lipinski definition) is 4. The number of nitro groups is 1. The molecule has 0 bridgehead atoms. The van der Waals surface area contributed by atoms with Crippen molar-refractivity contribution in [3.05, 3.63) is 67.9 Å². The van der Waals surface area contributed by atoms with E-state index >= 15 is 0 Å². The average molecular weight is 386 g/mol. The summed E-state index contributed by atoms with van der Waals surface area (Å²) < 4.78 is 13.8. The van der Waals surface area contributed by atoms with Crippen LogP contribution in [0.25, 0.3) is 0 Å². The third-order valence-corrected chi connectivity index (χ3v) is 4.01. The maximum absolute atomic E-state index is 13.8. The summed E-state index contributed by atoms with van der Waals surface area (Å²) in [6.07, 6.45) is 0. The first kappa shape index (κ1) is 19.1. The zero-order chi connectivity index (χ0) is 18.6. The average Bonchev–Trinajstić information content (AvgIpc) is 2.52. The van der Waals surface area contributed by atoms with Crippen LogP contribution >= 0.6 is 23.2 Å². The smallest absolute Gasteiger partial charge is 0.271 e. The van der Waals surface area contributed by atoms with Gasteiger partial charge in [-0.05, 0) is 25.2 Å². The second-order valence-electron chi connectivity index (χ2n) is 5.34. The Kier molecular flexibility index (Phi) is 6.30. The third-order valence-electron chi connectivity index (χ3n) is 3.34. The van der Waals surface area contributed by atoms with Gasteiger partial charge < -0.3 is 5.32 Å². The Hall–Kier alpha value is -2.22. The number of non-ortho nitro benzene ring substituents is 1. The quantitative estimate of drug-likeness (QED) is 0.599. The van der Waals surface area contributed by atoms with Crippen LogP contribution in [0.3, 0.4) is 0 Å². The Morgan fingerprint density at radius 2 is 2.00 bits per heavy atom. The number of amides is 1. The molecule has 0 spiro atoms. The maximum Gasteiger partial charge on any atom is 0.271 e. The standard InChI is InChI=1S/C16H14Cl2FN3O3/c1-21(8-11-12(17)3-2-4-14(11)19)9-16(23)20-15-6-5-10(22(24)25)7-13(15)18/h2-7H,8-9H2,1H3,(H,20,23). The molecule has 0 atom stereocenters. The molecule has 0 radical (unpaired) electrons. The summed E-state index contributed by atoms with van der Waals surface area (Å²) in [7, 11) is 1.64. The van der Waals surface area contributed by atoms with Crippen LogP contribution in [0, 0.1) is 15.9 Å². The molecule has 0 heterocycles. The lowest BCUT2D eigenvalue weighted by atomic mass is 10.2. The molecule has 9 heteroatoms. The topological polar surface area (TPSA) is 75.5 Å². The molecule has 2 aromatic rings. The van der Waals surface area contributed by atoms with Crippen molar-refractivity contribution in [3.63, 3.8) is 0 Å². The van der Waals surface area contributed by atoms with Crippen molar-refractivity contribution in [3.8, 4) is 0 Å². The predicted octanol–water partition coefficient (Wildman–Crippen LogP) is 4.11. The number of nitrogens with zero attached hydrogens (tertiary/aromatic N) is 2. The molecule has 1 N–H and O–H groups in total. The van der Waals surface area contributed by atoms with Crippen molar-refractivity contribution in [2.24, 2.45) is 0 Å². The van der Waals surface area contributed by atoms with Gasteiger partial charge in [-0.3, -0.25) is 19.8 Å². The molecule has 132 valence electrons. The number of benzene rings is 2. The van der Waals surface area contributed by atoms with Crippen molar-refractivity contribution in [2.75, 3.05) is 18.9 Å². The van der Waals surface area contributed by atoms with E-state index in [1.807, 2.05) is 0 Å². The van der Waals surface area contributed by atoms with Gasteiger partial charge in [-0.15, -0.1) is 0 Å². The SMILES string of the molecule is CN(CC(=O)Nc1ccc([N+](=O)[O-])cc1Cl)Cc1c(F)cccc1Cl. The van der Waals surface area contributed by atoms with Gasteiger partial charge in [-0.25, -0.2) is 4.39 Å². The lowest BCUT2D eigenvalue weighted by Gasteiger charge is -2.17. The summed E-state index contributed by atoms with van der Waals surface area (Å²) in [4.78, 5) is 23.8. The first-order chi connectivity index (χ1) is 11.8. The molecular weight excluding hydrogens is 372 g/mol. The Morgan fingerprint density at radius 1 is 1.28 bits per heavy atom. The summed E-state index contributed by atoms with van der Waals surface area (Å²) >= 11 is 11.9. The second kappa shape index (κ2) is 8.24. The molecule has 0 aliphatic heterocycles. The fourth-order valence-electron chi connectivity index (χ4n) is 2.16. The molecule has 0 unspecified atom stereocenters. The molecule has 2 aromatic carbocycles. The summed E-state index contributed by atoms with van der Waals surface area (Å²) in [5.74, 6) is -0.844. The van der Waals surface area contributed by atoms with Crippen LogP contribution in [0.1, 0.15) is 5.56 Å². The molecule has 0 aliphatic carbocycles. The summed E-state index contributed by atoms with van der Waals surface area (Å²) in [6, 6.07) is 8.12. The number of nitrogens with one attached hydrogen (secondary N) is 1. The van der Waals surface area contributed by atoms with Crippen LogP contribution in [0.2, 0.25) is 10.0 Å². The number of carbonyl (C=O) groups excluding carboxylic acids is 1. The minimum Gasteiger partial charge on any atom is -0.324 e. The maximum atomic E-state index is 13.8. The van der Waals surface area contributed by atoms with Crippen LogP contribution in [0.4, 0.5) is 15.8 Å². The number of hydrogen-bond donors (Lipinski definition) is 1. The fourth-order valence-corrected chi connectivity index (χ4v) is 2.61. The highest BCUT2D eigenvalue weighted by Crippen LogP contribution is 2.26. The monoisotopic (exact) mass is 385 g/mol. The van der Waals surface area contributed by atoms with Gasteiger partial charge in [0.1, 0.15) is 5.82 Å². The van der Waals surface area contributed by atoms with Crippen molar-refractivity contribution in [1.29, 1.82) is 0 Å². The van der Waals surface area contributed by atoms with E-state index in [-0.39, 0.29) is 34.5 Å². The highest BCUT2D eigenvalue weighted by atomic mass is 35.5. The Balaban J connectivity index is 1.99. The van der Waals surface area contributed by atoms with E-state index in [0.29, 0.717) is 5.56 Å². The number of anilines is 1. The van der Waals surface area contributed by atoms with E-state index in [4.69, 9.17) is 23.2 Å². The fraction of sp³-hybridized carbons (Fsp3) is 0.188. The number of nitro benzene ring substituents is 1. The first-order valence-corrected chi connectivity index (χ1v) is 7.88. The van der Waals surface area contributed by atoms with E-state index in [1.54, 1.807) is 18.0 Å². The first-order valence-electron chi connectivity index (χ1n) is 7.13. The van der Waals surface area contributed by atoms with Crippen LogP contribution in [0.15, 0.2) is 36.4 Å². The van der Waals surface area contributed by atoms with Crippen molar-refractivity contribution in [1.82, 2.24) is 4.90 Å². The zero-order valence-corrected chi connectivity index (χ0v) is 14.6. The van der Waals surface area contributed by atoms with E-state index in [1.165, 1.54) is 24.3 Å². The van der Waals surface area contributed by atoms with Gasteiger partial charge in [0, 0.05) is 29.3 Å². The normalized spacial score (nSPS) is 10.8. The molecule has 0 aromatic heterocycles. The van der Waals surface area contributed by atoms with E-state index in [2.05, 4.69) is 5.32 Å². The van der Waals surface area contributed by atoms with Crippen molar-refractivity contribution in [2.45, 2.75) is 6.54 Å². The van der Waals surface area contributed by atoms with E-state index in [0.717, 1.165) is 6.07 Å². The molecule has 0 aliphatic rings. The predicted molar refractivity (Wildman–Crippen MR) is 94.5 cm³/mol. The van der Waals surface area contributed by atoms with E-state index in [9.17, 15) is 19.3 Å². The van der Waals surface area contributed by atoms with Crippen molar-refractivity contribution >= 4 is 40.5 Å². The molecule has 0 saturated carbocycles. The minimum absolute atomic E-state index is 0.0437. The van der Waals surface area contributed by atoms with Gasteiger partial charge in [0.05, 0.1) is 22.2 Å². The Morgan fingerprint density at radius 3 is 2.60 bits per heavy atom. The van der Waals surface area contributed by atoms with Gasteiger partial charge >= 0.3 is 0 Å². The number of halogens is 3. The zero-order valence-electron chi connectivity index (χ0n) is 13.1. The molecule has 25 heavy (non-hydrogen) atoms. The van der Waals surface area contributed by atoms with Crippen LogP contribution in [-0.4, -0.2) is 29.3 Å². The lowest BCUT2D eigenvalue weighted by molar-refractivity contribution is -0.384.